The lowest BCUT2D eigenvalue weighted by atomic mass is 9.73. The van der Waals surface area contributed by atoms with Gasteiger partial charge in [-0.1, -0.05) is 61.4 Å². The van der Waals surface area contributed by atoms with Crippen molar-refractivity contribution < 1.29 is 14.7 Å². The number of nitrogens with one attached hydrogen (secondary N) is 2. The molecule has 168 valence electrons. The van der Waals surface area contributed by atoms with Crippen molar-refractivity contribution in [2.45, 2.75) is 56.7 Å². The molecule has 2 aromatic rings. The predicted molar refractivity (Wildman–Crippen MR) is 123 cm³/mol. The number of carboxylic acid groups (broad SMARTS) is 1. The Hall–Kier alpha value is -3.02. The third kappa shape index (κ3) is 3.83. The van der Waals surface area contributed by atoms with Crippen molar-refractivity contribution in [2.24, 2.45) is 11.8 Å². The Bertz CT molecular complexity index is 979. The van der Waals surface area contributed by atoms with E-state index in [-0.39, 0.29) is 35.9 Å². The summed E-state index contributed by atoms with van der Waals surface area (Å²) < 4.78 is 0. The first-order valence-electron chi connectivity index (χ1n) is 11.8. The second-order valence-corrected chi connectivity index (χ2v) is 9.35. The van der Waals surface area contributed by atoms with Gasteiger partial charge in [-0.05, 0) is 42.9 Å². The molecule has 32 heavy (non-hydrogen) atoms. The van der Waals surface area contributed by atoms with Crippen molar-refractivity contribution >= 4 is 17.7 Å². The molecule has 2 heterocycles. The summed E-state index contributed by atoms with van der Waals surface area (Å²) in [6.45, 7) is 0.728. The number of carbonyl (C=O) groups excluding carboxylic acids is 1. The van der Waals surface area contributed by atoms with Crippen molar-refractivity contribution in [1.29, 1.82) is 0 Å². The highest BCUT2D eigenvalue weighted by molar-refractivity contribution is 5.82. The van der Waals surface area contributed by atoms with Gasteiger partial charge in [-0.2, -0.15) is 0 Å². The second kappa shape index (κ2) is 8.85. The minimum atomic E-state index is -1.04. The summed E-state index contributed by atoms with van der Waals surface area (Å²) in [5, 5.41) is 15.7. The number of benzene rings is 2. The Morgan fingerprint density at radius 2 is 1.69 bits per heavy atom. The smallest absolute Gasteiger partial charge is 0.404 e. The van der Waals surface area contributed by atoms with Gasteiger partial charge in [-0.3, -0.25) is 4.79 Å². The normalized spacial score (nSPS) is 29.2. The standard InChI is InChI=1S/C26H31N3O3/c30-25(19-12-5-7-15-22(19)28-26(31)32)29-16-8-13-20-23(17-9-2-1-3-10-17)27-21-14-6-4-11-18(21)24(20)29/h1-4,6,9-11,14,19-20,22-24,27-28H,5,7-8,12-13,15-16H2,(H,31,32)/t19-,20?,22+,23?,24?/m0/s1. The third-order valence-electron chi connectivity index (χ3n) is 7.53. The Morgan fingerprint density at radius 1 is 0.938 bits per heavy atom. The Labute approximate surface area is 189 Å². The fraction of sp³-hybridized carbons (Fsp3) is 0.462. The van der Waals surface area contributed by atoms with E-state index in [1.807, 2.05) is 18.2 Å². The molecular formula is C26H31N3O3. The lowest BCUT2D eigenvalue weighted by Crippen LogP contribution is -2.54. The number of rotatable bonds is 3. The van der Waals surface area contributed by atoms with Crippen LogP contribution in [0.3, 0.4) is 0 Å². The van der Waals surface area contributed by atoms with Gasteiger partial charge in [0.1, 0.15) is 0 Å². The minimum absolute atomic E-state index is 0.00584. The summed E-state index contributed by atoms with van der Waals surface area (Å²) in [5.41, 5.74) is 3.51. The topological polar surface area (TPSA) is 81.7 Å². The van der Waals surface area contributed by atoms with Gasteiger partial charge >= 0.3 is 6.09 Å². The van der Waals surface area contributed by atoms with Crippen LogP contribution in [-0.2, 0) is 4.79 Å². The first-order valence-corrected chi connectivity index (χ1v) is 11.8. The molecule has 3 aliphatic rings. The Morgan fingerprint density at radius 3 is 2.50 bits per heavy atom. The molecule has 2 aliphatic heterocycles. The summed E-state index contributed by atoms with van der Waals surface area (Å²) in [5.74, 6) is 0.108. The quantitative estimate of drug-likeness (QED) is 0.639. The molecule has 2 fully saturated rings. The molecule has 2 amide bonds. The van der Waals surface area contributed by atoms with E-state index < -0.39 is 6.09 Å². The summed E-state index contributed by atoms with van der Waals surface area (Å²) >= 11 is 0. The van der Waals surface area contributed by atoms with Gasteiger partial charge in [0, 0.05) is 24.2 Å². The summed E-state index contributed by atoms with van der Waals surface area (Å²) in [7, 11) is 0. The van der Waals surface area contributed by atoms with Crippen molar-refractivity contribution in [1.82, 2.24) is 10.2 Å². The predicted octanol–water partition coefficient (Wildman–Crippen LogP) is 4.96. The molecule has 0 bridgehead atoms. The molecule has 3 N–H and O–H groups in total. The van der Waals surface area contributed by atoms with E-state index in [2.05, 4.69) is 51.9 Å². The number of hydrogen-bond donors (Lipinski definition) is 3. The number of anilines is 1. The molecule has 2 aromatic carbocycles. The lowest BCUT2D eigenvalue weighted by molar-refractivity contribution is -0.143. The summed E-state index contributed by atoms with van der Waals surface area (Å²) in [6, 6.07) is 18.7. The molecule has 5 rings (SSSR count). The van der Waals surface area contributed by atoms with Crippen LogP contribution in [0.4, 0.5) is 10.5 Å². The first-order chi connectivity index (χ1) is 15.6. The summed E-state index contributed by atoms with van der Waals surface area (Å²) in [4.78, 5) is 27.4. The van der Waals surface area contributed by atoms with Crippen molar-refractivity contribution in [3.8, 4) is 0 Å². The average Bonchev–Trinajstić information content (AvgIpc) is 2.83. The van der Waals surface area contributed by atoms with Crippen LogP contribution in [0.2, 0.25) is 0 Å². The zero-order valence-corrected chi connectivity index (χ0v) is 18.2. The van der Waals surface area contributed by atoms with E-state index in [1.54, 1.807) is 0 Å². The van der Waals surface area contributed by atoms with Crippen LogP contribution in [0.15, 0.2) is 54.6 Å². The largest absolute Gasteiger partial charge is 0.465 e. The maximum atomic E-state index is 13.9. The van der Waals surface area contributed by atoms with Crippen LogP contribution in [0.25, 0.3) is 0 Å². The molecule has 0 aromatic heterocycles. The zero-order valence-electron chi connectivity index (χ0n) is 18.2. The number of hydrogen-bond acceptors (Lipinski definition) is 3. The van der Waals surface area contributed by atoms with E-state index in [4.69, 9.17) is 0 Å². The Kier molecular flexibility index (Phi) is 5.77. The maximum Gasteiger partial charge on any atom is 0.404 e. The molecule has 1 aliphatic carbocycles. The monoisotopic (exact) mass is 433 g/mol. The minimum Gasteiger partial charge on any atom is -0.465 e. The number of nitrogens with zero attached hydrogens (tertiary/aromatic N) is 1. The third-order valence-corrected chi connectivity index (χ3v) is 7.53. The molecule has 6 heteroatoms. The van der Waals surface area contributed by atoms with Gasteiger partial charge < -0.3 is 20.6 Å². The molecule has 1 saturated heterocycles. The van der Waals surface area contributed by atoms with Crippen LogP contribution < -0.4 is 10.6 Å². The fourth-order valence-electron chi connectivity index (χ4n) is 6.14. The number of likely N-dealkylation sites (tertiary alicyclic amines) is 1. The van der Waals surface area contributed by atoms with Gasteiger partial charge in [-0.15, -0.1) is 0 Å². The zero-order chi connectivity index (χ0) is 22.1. The summed E-state index contributed by atoms with van der Waals surface area (Å²) in [6.07, 6.45) is 4.39. The number of amides is 2. The highest BCUT2D eigenvalue weighted by Gasteiger charge is 2.46. The van der Waals surface area contributed by atoms with E-state index in [1.165, 1.54) is 11.1 Å². The Balaban J connectivity index is 1.50. The number of carbonyl (C=O) groups is 2. The van der Waals surface area contributed by atoms with Gasteiger partial charge in [0.05, 0.1) is 18.0 Å². The first kappa shape index (κ1) is 20.9. The SMILES string of the molecule is O=C(O)N[C@@H]1CCCC[C@@H]1C(=O)N1CCCC2C(c3ccccc3)Nc3ccccc3C21. The van der Waals surface area contributed by atoms with Gasteiger partial charge in [0.15, 0.2) is 0 Å². The van der Waals surface area contributed by atoms with Crippen LogP contribution in [-0.4, -0.2) is 34.6 Å². The lowest BCUT2D eigenvalue weighted by Gasteiger charge is -2.50. The highest BCUT2D eigenvalue weighted by Crippen LogP contribution is 2.50. The highest BCUT2D eigenvalue weighted by atomic mass is 16.4. The average molecular weight is 434 g/mol. The molecular weight excluding hydrogens is 402 g/mol. The maximum absolute atomic E-state index is 13.9. The van der Waals surface area contributed by atoms with Crippen LogP contribution in [0, 0.1) is 11.8 Å². The second-order valence-electron chi connectivity index (χ2n) is 9.35. The molecule has 0 spiro atoms. The number of para-hydroxylation sites is 1. The van der Waals surface area contributed by atoms with Gasteiger partial charge in [0.2, 0.25) is 5.91 Å². The molecule has 6 nitrogen and oxygen atoms in total. The molecule has 1 saturated carbocycles. The van der Waals surface area contributed by atoms with Crippen molar-refractivity contribution in [3.05, 3.63) is 65.7 Å². The number of piperidine rings is 1. The van der Waals surface area contributed by atoms with Crippen LogP contribution >= 0.6 is 0 Å². The molecule has 3 unspecified atom stereocenters. The fourth-order valence-corrected chi connectivity index (χ4v) is 6.14. The van der Waals surface area contributed by atoms with E-state index >= 15 is 0 Å². The van der Waals surface area contributed by atoms with Crippen molar-refractivity contribution in [3.63, 3.8) is 0 Å². The molecule has 0 radical (unpaired) electrons. The van der Waals surface area contributed by atoms with Gasteiger partial charge in [-0.25, -0.2) is 4.79 Å². The molecule has 5 atom stereocenters. The van der Waals surface area contributed by atoms with Crippen LogP contribution in [0.5, 0.6) is 0 Å². The van der Waals surface area contributed by atoms with Gasteiger partial charge in [0.25, 0.3) is 0 Å². The van der Waals surface area contributed by atoms with Crippen LogP contribution in [0.1, 0.15) is 61.7 Å². The van der Waals surface area contributed by atoms with E-state index in [0.717, 1.165) is 50.8 Å². The number of fused-ring (bicyclic) bond motifs is 3. The van der Waals surface area contributed by atoms with Crippen molar-refractivity contribution in [2.75, 3.05) is 11.9 Å². The van der Waals surface area contributed by atoms with E-state index in [0.29, 0.717) is 0 Å². The van der Waals surface area contributed by atoms with E-state index in [9.17, 15) is 14.7 Å².